The topological polar surface area (TPSA) is 71.3 Å². The van der Waals surface area contributed by atoms with Gasteiger partial charge in [0.15, 0.2) is 5.76 Å². The molecule has 0 aliphatic carbocycles. The molecule has 5 nitrogen and oxygen atoms in total. The smallest absolute Gasteiger partial charge is 0.286 e. The van der Waals surface area contributed by atoms with Crippen molar-refractivity contribution < 1.29 is 14.0 Å². The number of carbonyl (C=O) groups excluding carboxylic acids is 2. The molecule has 0 atom stereocenters. The fourth-order valence-electron chi connectivity index (χ4n) is 1.89. The second-order valence-electron chi connectivity index (χ2n) is 4.84. The Kier molecular flexibility index (Phi) is 5.61. The number of hydrogen-bond acceptors (Lipinski definition) is 3. The molecule has 0 spiro atoms. The summed E-state index contributed by atoms with van der Waals surface area (Å²) in [5, 5.41) is 6.08. The number of carbonyl (C=O) groups is 2. The first-order valence-electron chi connectivity index (χ1n) is 6.94. The zero-order valence-electron chi connectivity index (χ0n) is 12.2. The lowest BCUT2D eigenvalue weighted by Gasteiger charge is -2.09. The highest BCUT2D eigenvalue weighted by Gasteiger charge is 2.08. The highest BCUT2D eigenvalue weighted by atomic mass is 35.5. The van der Waals surface area contributed by atoms with Crippen LogP contribution in [0.5, 0.6) is 0 Å². The largest absolute Gasteiger partial charge is 0.459 e. The second-order valence-corrected chi connectivity index (χ2v) is 5.28. The van der Waals surface area contributed by atoms with Gasteiger partial charge in [-0.1, -0.05) is 17.7 Å². The Morgan fingerprint density at radius 1 is 1.27 bits per heavy atom. The van der Waals surface area contributed by atoms with Gasteiger partial charge in [0.1, 0.15) is 0 Å². The molecule has 2 aromatic rings. The van der Waals surface area contributed by atoms with E-state index >= 15 is 0 Å². The van der Waals surface area contributed by atoms with Crippen LogP contribution in [0, 0.1) is 6.92 Å². The standard InChI is InChI=1S/C16H17ClN2O3/c1-11-6-7-12(17)10-13(11)19-15(20)5-2-8-18-16(21)14-4-3-9-22-14/h3-4,6-7,9-10H,2,5,8H2,1H3,(H,18,21)(H,19,20). The van der Waals surface area contributed by atoms with Crippen LogP contribution in [0.4, 0.5) is 5.69 Å². The zero-order valence-corrected chi connectivity index (χ0v) is 12.9. The third kappa shape index (κ3) is 4.63. The molecule has 1 heterocycles. The van der Waals surface area contributed by atoms with Crippen molar-refractivity contribution in [2.24, 2.45) is 0 Å². The van der Waals surface area contributed by atoms with E-state index in [0.29, 0.717) is 30.1 Å². The van der Waals surface area contributed by atoms with Crippen molar-refractivity contribution in [3.8, 4) is 0 Å². The molecule has 2 amide bonds. The number of amides is 2. The van der Waals surface area contributed by atoms with E-state index in [1.807, 2.05) is 13.0 Å². The highest BCUT2D eigenvalue weighted by molar-refractivity contribution is 6.31. The number of halogens is 1. The molecule has 2 N–H and O–H groups in total. The summed E-state index contributed by atoms with van der Waals surface area (Å²) in [7, 11) is 0. The average Bonchev–Trinajstić information content (AvgIpc) is 3.01. The van der Waals surface area contributed by atoms with Crippen LogP contribution in [-0.2, 0) is 4.79 Å². The molecule has 0 unspecified atom stereocenters. The number of aryl methyl sites for hydroxylation is 1. The van der Waals surface area contributed by atoms with E-state index in [4.69, 9.17) is 16.0 Å². The van der Waals surface area contributed by atoms with E-state index < -0.39 is 0 Å². The Bertz CT molecular complexity index is 653. The van der Waals surface area contributed by atoms with Crippen molar-refractivity contribution in [1.29, 1.82) is 0 Å². The lowest BCUT2D eigenvalue weighted by molar-refractivity contribution is -0.116. The van der Waals surface area contributed by atoms with Crippen LogP contribution in [0.3, 0.4) is 0 Å². The molecule has 2 rings (SSSR count). The predicted molar refractivity (Wildman–Crippen MR) is 85.1 cm³/mol. The molecule has 0 radical (unpaired) electrons. The molecule has 22 heavy (non-hydrogen) atoms. The summed E-state index contributed by atoms with van der Waals surface area (Å²) in [6.45, 7) is 2.30. The molecule has 1 aromatic heterocycles. The van der Waals surface area contributed by atoms with Crippen LogP contribution in [0.1, 0.15) is 29.0 Å². The van der Waals surface area contributed by atoms with E-state index in [9.17, 15) is 9.59 Å². The van der Waals surface area contributed by atoms with Crippen molar-refractivity contribution in [3.05, 3.63) is 52.9 Å². The van der Waals surface area contributed by atoms with Crippen molar-refractivity contribution in [2.45, 2.75) is 19.8 Å². The van der Waals surface area contributed by atoms with Crippen LogP contribution < -0.4 is 10.6 Å². The lowest BCUT2D eigenvalue weighted by atomic mass is 10.2. The molecular formula is C16H17ClN2O3. The van der Waals surface area contributed by atoms with Gasteiger partial charge in [0.2, 0.25) is 5.91 Å². The predicted octanol–water partition coefficient (Wildman–Crippen LogP) is 3.39. The van der Waals surface area contributed by atoms with Crippen molar-refractivity contribution in [1.82, 2.24) is 5.32 Å². The minimum atomic E-state index is -0.281. The van der Waals surface area contributed by atoms with Gasteiger partial charge < -0.3 is 15.1 Å². The summed E-state index contributed by atoms with van der Waals surface area (Å²) in [5.74, 6) is -0.132. The monoisotopic (exact) mass is 320 g/mol. The zero-order chi connectivity index (χ0) is 15.9. The van der Waals surface area contributed by atoms with Gasteiger partial charge in [-0.25, -0.2) is 0 Å². The van der Waals surface area contributed by atoms with Crippen LogP contribution in [-0.4, -0.2) is 18.4 Å². The van der Waals surface area contributed by atoms with Gasteiger partial charge in [-0.2, -0.15) is 0 Å². The first kappa shape index (κ1) is 16.1. The summed E-state index contributed by atoms with van der Waals surface area (Å²) >= 11 is 5.90. The SMILES string of the molecule is Cc1ccc(Cl)cc1NC(=O)CCCNC(=O)c1ccco1. The Morgan fingerprint density at radius 2 is 2.09 bits per heavy atom. The molecule has 0 saturated carbocycles. The Balaban J connectivity index is 1.72. The quantitative estimate of drug-likeness (QED) is 0.801. The summed E-state index contributed by atoms with van der Waals surface area (Å²) in [6, 6.07) is 8.57. The maximum Gasteiger partial charge on any atom is 0.286 e. The summed E-state index contributed by atoms with van der Waals surface area (Å²) in [4.78, 5) is 23.5. The van der Waals surface area contributed by atoms with Crippen LogP contribution >= 0.6 is 11.6 Å². The summed E-state index contributed by atoms with van der Waals surface area (Å²) in [5.41, 5.74) is 1.65. The van der Waals surface area contributed by atoms with E-state index in [-0.39, 0.29) is 17.6 Å². The molecule has 0 aliphatic heterocycles. The van der Waals surface area contributed by atoms with E-state index in [2.05, 4.69) is 10.6 Å². The normalized spacial score (nSPS) is 10.3. The number of rotatable bonds is 6. The third-order valence-electron chi connectivity index (χ3n) is 3.08. The fourth-order valence-corrected chi connectivity index (χ4v) is 2.06. The molecule has 0 aliphatic rings. The molecule has 0 fully saturated rings. The van der Waals surface area contributed by atoms with Crippen LogP contribution in [0.25, 0.3) is 0 Å². The summed E-state index contributed by atoms with van der Waals surface area (Å²) < 4.78 is 4.97. The van der Waals surface area contributed by atoms with Crippen molar-refractivity contribution in [2.75, 3.05) is 11.9 Å². The fraction of sp³-hybridized carbons (Fsp3) is 0.250. The molecule has 0 saturated heterocycles. The van der Waals surface area contributed by atoms with E-state index in [1.54, 1.807) is 24.3 Å². The van der Waals surface area contributed by atoms with Crippen molar-refractivity contribution >= 4 is 29.1 Å². The Labute approximate surface area is 133 Å². The Hall–Kier alpha value is -2.27. The van der Waals surface area contributed by atoms with Crippen LogP contribution in [0.15, 0.2) is 41.0 Å². The van der Waals surface area contributed by atoms with Gasteiger partial charge in [-0.05, 0) is 43.2 Å². The molecule has 116 valence electrons. The average molecular weight is 321 g/mol. The number of benzene rings is 1. The van der Waals surface area contributed by atoms with Gasteiger partial charge in [-0.3, -0.25) is 9.59 Å². The number of anilines is 1. The van der Waals surface area contributed by atoms with E-state index in [1.165, 1.54) is 6.26 Å². The highest BCUT2D eigenvalue weighted by Crippen LogP contribution is 2.20. The Morgan fingerprint density at radius 3 is 2.82 bits per heavy atom. The molecule has 0 bridgehead atoms. The first-order chi connectivity index (χ1) is 10.6. The number of nitrogens with one attached hydrogen (secondary N) is 2. The van der Waals surface area contributed by atoms with Gasteiger partial charge in [0, 0.05) is 23.7 Å². The maximum absolute atomic E-state index is 11.9. The first-order valence-corrected chi connectivity index (χ1v) is 7.32. The number of hydrogen-bond donors (Lipinski definition) is 2. The lowest BCUT2D eigenvalue weighted by Crippen LogP contribution is -2.25. The molecule has 1 aromatic carbocycles. The minimum absolute atomic E-state index is 0.113. The molecule has 6 heteroatoms. The van der Waals surface area contributed by atoms with Crippen LogP contribution in [0.2, 0.25) is 5.02 Å². The van der Waals surface area contributed by atoms with Gasteiger partial charge in [0.05, 0.1) is 6.26 Å². The second kappa shape index (κ2) is 7.66. The molecular weight excluding hydrogens is 304 g/mol. The van der Waals surface area contributed by atoms with Gasteiger partial charge in [0.25, 0.3) is 5.91 Å². The number of furan rings is 1. The maximum atomic E-state index is 11.9. The summed E-state index contributed by atoms with van der Waals surface area (Å²) in [6.07, 6.45) is 2.29. The minimum Gasteiger partial charge on any atom is -0.459 e. The van der Waals surface area contributed by atoms with Gasteiger partial charge in [-0.15, -0.1) is 0 Å². The van der Waals surface area contributed by atoms with Gasteiger partial charge >= 0.3 is 0 Å². The van der Waals surface area contributed by atoms with E-state index in [0.717, 1.165) is 5.56 Å². The third-order valence-corrected chi connectivity index (χ3v) is 3.32. The van der Waals surface area contributed by atoms with Crippen molar-refractivity contribution in [3.63, 3.8) is 0 Å².